The molecule has 1 aromatic heterocycles. The molecule has 0 saturated carbocycles. The molecule has 19 heavy (non-hydrogen) atoms. The molecule has 0 spiro atoms. The molecule has 98 valence electrons. The van der Waals surface area contributed by atoms with Crippen LogP contribution in [0.1, 0.15) is 21.7 Å². The lowest BCUT2D eigenvalue weighted by Crippen LogP contribution is -2.16. The van der Waals surface area contributed by atoms with Gasteiger partial charge in [0, 0.05) is 16.9 Å². The number of hydrogen-bond acceptors (Lipinski definition) is 4. The maximum Gasteiger partial charge on any atom is 0.274 e. The highest BCUT2D eigenvalue weighted by Crippen LogP contribution is 2.16. The third-order valence-corrected chi connectivity index (χ3v) is 2.90. The lowest BCUT2D eigenvalue weighted by molar-refractivity contribution is 0.102. The first-order valence-electron chi connectivity index (χ1n) is 5.85. The third kappa shape index (κ3) is 2.88. The van der Waals surface area contributed by atoms with E-state index in [2.05, 4.69) is 15.3 Å². The van der Waals surface area contributed by atoms with Crippen LogP contribution in [-0.2, 0) is 0 Å². The monoisotopic (exact) mass is 257 g/mol. The average Bonchev–Trinajstić information content (AvgIpc) is 2.42. The molecule has 1 aromatic carbocycles. The zero-order valence-corrected chi connectivity index (χ0v) is 11.1. The molecule has 2 rings (SSSR count). The van der Waals surface area contributed by atoms with Crippen molar-refractivity contribution in [2.75, 3.05) is 12.4 Å². The van der Waals surface area contributed by atoms with E-state index in [1.165, 1.54) is 6.33 Å². The topological polar surface area (TPSA) is 64.1 Å². The Bertz CT molecular complexity index is 594. The number of aryl methyl sites for hydroxylation is 1. The van der Waals surface area contributed by atoms with Crippen molar-refractivity contribution in [3.63, 3.8) is 0 Å². The van der Waals surface area contributed by atoms with Gasteiger partial charge in [-0.25, -0.2) is 9.97 Å². The molecule has 1 N–H and O–H groups in total. The fourth-order valence-corrected chi connectivity index (χ4v) is 1.63. The summed E-state index contributed by atoms with van der Waals surface area (Å²) in [5.74, 6) is 0.500. The Morgan fingerprint density at radius 1 is 1.16 bits per heavy atom. The quantitative estimate of drug-likeness (QED) is 0.916. The first-order valence-corrected chi connectivity index (χ1v) is 5.85. The average molecular weight is 257 g/mol. The summed E-state index contributed by atoms with van der Waals surface area (Å²) in [6.45, 7) is 3.68. The summed E-state index contributed by atoms with van der Waals surface area (Å²) in [4.78, 5) is 20.2. The van der Waals surface area contributed by atoms with Gasteiger partial charge >= 0.3 is 0 Å². The first-order chi connectivity index (χ1) is 9.11. The standard InChI is InChI=1S/C14H15N3O2/c1-9-10(2)15-8-16-13(9)14(18)17-11-4-6-12(19-3)7-5-11/h4-8H,1-3H3,(H,17,18). The number of aromatic nitrogens is 2. The van der Waals surface area contributed by atoms with E-state index < -0.39 is 0 Å². The molecule has 0 aliphatic heterocycles. The highest BCUT2D eigenvalue weighted by molar-refractivity contribution is 6.03. The molecule has 1 amide bonds. The number of benzene rings is 1. The number of nitrogens with one attached hydrogen (secondary N) is 1. The van der Waals surface area contributed by atoms with Gasteiger partial charge in [-0.1, -0.05) is 0 Å². The molecule has 2 aromatic rings. The second kappa shape index (κ2) is 5.48. The molecule has 5 heteroatoms. The fraction of sp³-hybridized carbons (Fsp3) is 0.214. The summed E-state index contributed by atoms with van der Waals surface area (Å²) in [7, 11) is 1.60. The van der Waals surface area contributed by atoms with E-state index in [4.69, 9.17) is 4.74 Å². The number of nitrogens with zero attached hydrogens (tertiary/aromatic N) is 2. The molecule has 0 radical (unpaired) electrons. The Kier molecular flexibility index (Phi) is 3.75. The first kappa shape index (κ1) is 13.0. The van der Waals surface area contributed by atoms with Crippen LogP contribution < -0.4 is 10.1 Å². The van der Waals surface area contributed by atoms with E-state index in [9.17, 15) is 4.79 Å². The number of ether oxygens (including phenoxy) is 1. The number of rotatable bonds is 3. The minimum Gasteiger partial charge on any atom is -0.497 e. The van der Waals surface area contributed by atoms with Crippen LogP contribution in [0.4, 0.5) is 5.69 Å². The fourth-order valence-electron chi connectivity index (χ4n) is 1.63. The van der Waals surface area contributed by atoms with Crippen LogP contribution in [0.25, 0.3) is 0 Å². The van der Waals surface area contributed by atoms with Crippen molar-refractivity contribution in [3.05, 3.63) is 47.5 Å². The van der Waals surface area contributed by atoms with Gasteiger partial charge in [-0.2, -0.15) is 0 Å². The number of methoxy groups -OCH3 is 1. The Morgan fingerprint density at radius 2 is 1.84 bits per heavy atom. The molecule has 0 atom stereocenters. The summed E-state index contributed by atoms with van der Waals surface area (Å²) in [6, 6.07) is 7.13. The minimum atomic E-state index is -0.242. The van der Waals surface area contributed by atoms with Crippen molar-refractivity contribution in [3.8, 4) is 5.75 Å². The molecule has 0 aliphatic carbocycles. The van der Waals surface area contributed by atoms with Crippen LogP contribution in [-0.4, -0.2) is 23.0 Å². The Balaban J connectivity index is 2.18. The van der Waals surface area contributed by atoms with Gasteiger partial charge in [0.15, 0.2) is 0 Å². The van der Waals surface area contributed by atoms with Gasteiger partial charge in [0.1, 0.15) is 17.8 Å². The number of amides is 1. The maximum absolute atomic E-state index is 12.1. The van der Waals surface area contributed by atoms with Gasteiger partial charge in [0.2, 0.25) is 0 Å². The maximum atomic E-state index is 12.1. The van der Waals surface area contributed by atoms with Crippen LogP contribution in [0.15, 0.2) is 30.6 Å². The van der Waals surface area contributed by atoms with E-state index >= 15 is 0 Å². The van der Waals surface area contributed by atoms with Crippen molar-refractivity contribution in [1.82, 2.24) is 9.97 Å². The number of anilines is 1. The van der Waals surface area contributed by atoms with Gasteiger partial charge in [0.25, 0.3) is 5.91 Å². The summed E-state index contributed by atoms with van der Waals surface area (Å²) < 4.78 is 5.06. The van der Waals surface area contributed by atoms with Crippen LogP contribution >= 0.6 is 0 Å². The van der Waals surface area contributed by atoms with Crippen molar-refractivity contribution >= 4 is 11.6 Å². The number of carbonyl (C=O) groups is 1. The summed E-state index contributed by atoms with van der Waals surface area (Å²) in [5.41, 5.74) is 2.67. The molecule has 0 aliphatic rings. The van der Waals surface area contributed by atoms with E-state index in [1.807, 2.05) is 13.8 Å². The lowest BCUT2D eigenvalue weighted by atomic mass is 10.2. The van der Waals surface area contributed by atoms with Crippen molar-refractivity contribution in [2.45, 2.75) is 13.8 Å². The number of hydrogen-bond donors (Lipinski definition) is 1. The molecular formula is C14H15N3O2. The van der Waals surface area contributed by atoms with E-state index in [1.54, 1.807) is 31.4 Å². The molecule has 0 saturated heterocycles. The number of carbonyl (C=O) groups excluding carboxylic acids is 1. The largest absolute Gasteiger partial charge is 0.497 e. The van der Waals surface area contributed by atoms with Gasteiger partial charge in [-0.3, -0.25) is 4.79 Å². The highest BCUT2D eigenvalue weighted by atomic mass is 16.5. The summed E-state index contributed by atoms with van der Waals surface area (Å²) >= 11 is 0. The van der Waals surface area contributed by atoms with Crippen molar-refractivity contribution in [2.24, 2.45) is 0 Å². The molecular weight excluding hydrogens is 242 g/mol. The van der Waals surface area contributed by atoms with Gasteiger partial charge in [0.05, 0.1) is 7.11 Å². The van der Waals surface area contributed by atoms with Crippen molar-refractivity contribution < 1.29 is 9.53 Å². The van der Waals surface area contributed by atoms with Crippen LogP contribution in [0.5, 0.6) is 5.75 Å². The molecule has 0 bridgehead atoms. The second-order valence-corrected chi connectivity index (χ2v) is 4.12. The van der Waals surface area contributed by atoms with Crippen LogP contribution in [0.3, 0.4) is 0 Å². The van der Waals surface area contributed by atoms with Gasteiger partial charge < -0.3 is 10.1 Å². The lowest BCUT2D eigenvalue weighted by Gasteiger charge is -2.08. The molecule has 0 unspecified atom stereocenters. The normalized spacial score (nSPS) is 10.1. The zero-order valence-electron chi connectivity index (χ0n) is 11.1. The molecule has 1 heterocycles. The van der Waals surface area contributed by atoms with Crippen LogP contribution in [0, 0.1) is 13.8 Å². The highest BCUT2D eigenvalue weighted by Gasteiger charge is 2.12. The summed E-state index contributed by atoms with van der Waals surface area (Å²) in [5, 5.41) is 2.79. The van der Waals surface area contributed by atoms with E-state index in [-0.39, 0.29) is 5.91 Å². The summed E-state index contributed by atoms with van der Waals surface area (Å²) in [6.07, 6.45) is 1.39. The van der Waals surface area contributed by atoms with Crippen molar-refractivity contribution in [1.29, 1.82) is 0 Å². The predicted molar refractivity (Wildman–Crippen MR) is 72.5 cm³/mol. The Morgan fingerprint density at radius 3 is 2.47 bits per heavy atom. The third-order valence-electron chi connectivity index (χ3n) is 2.90. The minimum absolute atomic E-state index is 0.242. The van der Waals surface area contributed by atoms with E-state index in [0.29, 0.717) is 11.4 Å². The SMILES string of the molecule is COc1ccc(NC(=O)c2ncnc(C)c2C)cc1. The predicted octanol–water partition coefficient (Wildman–Crippen LogP) is 2.35. The Hall–Kier alpha value is -2.43. The smallest absolute Gasteiger partial charge is 0.274 e. The molecule has 5 nitrogen and oxygen atoms in total. The second-order valence-electron chi connectivity index (χ2n) is 4.12. The zero-order chi connectivity index (χ0) is 13.8. The van der Waals surface area contributed by atoms with E-state index in [0.717, 1.165) is 17.0 Å². The Labute approximate surface area is 111 Å². The van der Waals surface area contributed by atoms with Gasteiger partial charge in [-0.05, 0) is 38.1 Å². The molecule has 0 fully saturated rings. The van der Waals surface area contributed by atoms with Gasteiger partial charge in [-0.15, -0.1) is 0 Å². The van der Waals surface area contributed by atoms with Crippen LogP contribution in [0.2, 0.25) is 0 Å².